The molecule has 0 atom stereocenters. The molecule has 4 N–H and O–H groups in total. The molecule has 0 heterocycles. The van der Waals surface area contributed by atoms with Gasteiger partial charge in [-0.3, -0.25) is 0 Å². The van der Waals surface area contributed by atoms with Gasteiger partial charge in [0.2, 0.25) is 10.0 Å². The van der Waals surface area contributed by atoms with Gasteiger partial charge in [0, 0.05) is 16.7 Å². The summed E-state index contributed by atoms with van der Waals surface area (Å²) in [7, 11) is -3.63. The average molecular weight is 353 g/mol. The van der Waals surface area contributed by atoms with Crippen molar-refractivity contribution in [2.45, 2.75) is 11.8 Å². The first-order valence-corrected chi connectivity index (χ1v) is 7.90. The molecule has 0 saturated carbocycles. The Hall–Kier alpha value is -0.670. The smallest absolute Gasteiger partial charge is 0.241 e. The quantitative estimate of drug-likeness (QED) is 0.493. The van der Waals surface area contributed by atoms with Gasteiger partial charge in [0.1, 0.15) is 0 Å². The van der Waals surface area contributed by atoms with Gasteiger partial charge in [-0.25, -0.2) is 13.1 Å². The molecule has 0 amide bonds. The van der Waals surface area contributed by atoms with E-state index in [9.17, 15) is 8.42 Å². The molecule has 0 aliphatic carbocycles. The van der Waals surface area contributed by atoms with Crippen LogP contribution >= 0.6 is 15.9 Å². The van der Waals surface area contributed by atoms with Crippen molar-refractivity contribution in [3.63, 3.8) is 0 Å². The Kier molecular flexibility index (Phi) is 6.21. The molecule has 1 aromatic rings. The predicted molar refractivity (Wildman–Crippen MR) is 76.4 cm³/mol. The Labute approximate surface area is 121 Å². The van der Waals surface area contributed by atoms with Gasteiger partial charge in [-0.1, -0.05) is 15.9 Å². The average Bonchev–Trinajstić information content (AvgIpc) is 2.33. The molecule has 1 aromatic carbocycles. The minimum absolute atomic E-state index is 0.0893. The van der Waals surface area contributed by atoms with Gasteiger partial charge in [-0.05, 0) is 24.6 Å². The molecule has 19 heavy (non-hydrogen) atoms. The molecule has 0 bridgehead atoms. The van der Waals surface area contributed by atoms with Gasteiger partial charge in [0.15, 0.2) is 0 Å². The molecule has 0 unspecified atom stereocenters. The summed E-state index contributed by atoms with van der Waals surface area (Å²) in [6, 6.07) is 3.15. The number of nitrogens with two attached hydrogens (primary N) is 1. The number of ether oxygens (including phenoxy) is 1. The maximum atomic E-state index is 12.1. The second-order valence-corrected chi connectivity index (χ2v) is 6.50. The van der Waals surface area contributed by atoms with Crippen molar-refractivity contribution in [1.29, 1.82) is 0 Å². The van der Waals surface area contributed by atoms with Gasteiger partial charge in [0.25, 0.3) is 0 Å². The van der Waals surface area contributed by atoms with Crippen LogP contribution in [0.25, 0.3) is 0 Å². The molecule has 6 nitrogen and oxygen atoms in total. The second kappa shape index (κ2) is 7.20. The van der Waals surface area contributed by atoms with Crippen molar-refractivity contribution >= 4 is 31.6 Å². The summed E-state index contributed by atoms with van der Waals surface area (Å²) in [6.45, 7) is 2.08. The number of halogens is 1. The van der Waals surface area contributed by atoms with E-state index in [1.165, 1.54) is 6.07 Å². The van der Waals surface area contributed by atoms with Crippen molar-refractivity contribution < 1.29 is 18.3 Å². The molecule has 0 spiro atoms. The van der Waals surface area contributed by atoms with Crippen LogP contribution in [-0.2, 0) is 14.8 Å². The van der Waals surface area contributed by atoms with Crippen molar-refractivity contribution in [2.24, 2.45) is 0 Å². The van der Waals surface area contributed by atoms with E-state index in [-0.39, 0.29) is 31.3 Å². The molecular formula is C11H17BrN2O4S. The van der Waals surface area contributed by atoms with Crippen molar-refractivity contribution in [1.82, 2.24) is 4.72 Å². The normalized spacial score (nSPS) is 11.7. The number of nitrogen functional groups attached to an aromatic ring is 1. The SMILES string of the molecule is Cc1c(N)cc(Br)cc1S(=O)(=O)NCCOCCO. The fourth-order valence-electron chi connectivity index (χ4n) is 1.45. The number of sulfonamides is 1. The lowest BCUT2D eigenvalue weighted by atomic mass is 10.2. The lowest BCUT2D eigenvalue weighted by molar-refractivity contribution is 0.0961. The number of hydrogen-bond donors (Lipinski definition) is 3. The Balaban J connectivity index is 2.78. The van der Waals surface area contributed by atoms with Crippen LogP contribution in [0.2, 0.25) is 0 Å². The van der Waals surface area contributed by atoms with E-state index < -0.39 is 10.0 Å². The molecular weight excluding hydrogens is 336 g/mol. The van der Waals surface area contributed by atoms with E-state index in [0.717, 1.165) is 0 Å². The van der Waals surface area contributed by atoms with Crippen molar-refractivity contribution in [2.75, 3.05) is 32.1 Å². The van der Waals surface area contributed by atoms with Crippen LogP contribution in [0.5, 0.6) is 0 Å². The van der Waals surface area contributed by atoms with Crippen LogP contribution < -0.4 is 10.5 Å². The van der Waals surface area contributed by atoms with Crippen LogP contribution in [0.3, 0.4) is 0 Å². The molecule has 0 saturated heterocycles. The molecule has 0 aliphatic rings. The number of aliphatic hydroxyl groups excluding tert-OH is 1. The number of benzene rings is 1. The van der Waals surface area contributed by atoms with Gasteiger partial charge in [-0.2, -0.15) is 0 Å². The van der Waals surface area contributed by atoms with Crippen LogP contribution in [-0.4, -0.2) is 39.9 Å². The highest BCUT2D eigenvalue weighted by atomic mass is 79.9. The molecule has 0 aromatic heterocycles. The lowest BCUT2D eigenvalue weighted by Crippen LogP contribution is -2.28. The molecule has 1 rings (SSSR count). The van der Waals surface area contributed by atoms with Crippen LogP contribution in [0.1, 0.15) is 5.56 Å². The van der Waals surface area contributed by atoms with Crippen LogP contribution in [0.15, 0.2) is 21.5 Å². The first-order valence-electron chi connectivity index (χ1n) is 5.62. The summed E-state index contributed by atoms with van der Waals surface area (Å²) >= 11 is 3.22. The highest BCUT2D eigenvalue weighted by molar-refractivity contribution is 9.10. The fraction of sp³-hybridized carbons (Fsp3) is 0.455. The summed E-state index contributed by atoms with van der Waals surface area (Å²) in [5.41, 5.74) is 6.65. The monoisotopic (exact) mass is 352 g/mol. The number of hydrogen-bond acceptors (Lipinski definition) is 5. The zero-order valence-corrected chi connectivity index (χ0v) is 12.9. The molecule has 0 radical (unpaired) electrons. The third-order valence-corrected chi connectivity index (χ3v) is 4.47. The summed E-state index contributed by atoms with van der Waals surface area (Å²) in [6.07, 6.45) is 0. The summed E-state index contributed by atoms with van der Waals surface area (Å²) in [4.78, 5) is 0.140. The van der Waals surface area contributed by atoms with Gasteiger partial charge in [0.05, 0.1) is 24.7 Å². The maximum Gasteiger partial charge on any atom is 0.241 e. The van der Waals surface area contributed by atoms with E-state index in [4.69, 9.17) is 15.6 Å². The number of rotatable bonds is 7. The highest BCUT2D eigenvalue weighted by Crippen LogP contribution is 2.25. The van der Waals surface area contributed by atoms with Crippen LogP contribution in [0, 0.1) is 6.92 Å². The topological polar surface area (TPSA) is 102 Å². The first kappa shape index (κ1) is 16.4. The second-order valence-electron chi connectivity index (χ2n) is 3.85. The van der Waals surface area contributed by atoms with Crippen molar-refractivity contribution in [3.05, 3.63) is 22.2 Å². The number of aliphatic hydroxyl groups is 1. The molecule has 8 heteroatoms. The minimum atomic E-state index is -3.63. The number of nitrogens with one attached hydrogen (secondary N) is 1. The zero-order valence-electron chi connectivity index (χ0n) is 10.5. The van der Waals surface area contributed by atoms with Crippen LogP contribution in [0.4, 0.5) is 5.69 Å². The molecule has 0 fully saturated rings. The Morgan fingerprint density at radius 2 is 2.11 bits per heavy atom. The summed E-state index contributed by atoms with van der Waals surface area (Å²) in [5.74, 6) is 0. The maximum absolute atomic E-state index is 12.1. The third kappa shape index (κ3) is 4.73. The van der Waals surface area contributed by atoms with E-state index in [2.05, 4.69) is 20.7 Å². The van der Waals surface area contributed by atoms with Gasteiger partial charge >= 0.3 is 0 Å². The third-order valence-electron chi connectivity index (χ3n) is 2.43. The largest absolute Gasteiger partial charge is 0.398 e. The molecule has 0 aliphatic heterocycles. The standard InChI is InChI=1S/C11H17BrN2O4S/c1-8-10(13)6-9(12)7-11(8)19(16,17)14-2-4-18-5-3-15/h6-7,14-15H,2-5,13H2,1H3. The van der Waals surface area contributed by atoms with Gasteiger partial charge in [-0.15, -0.1) is 0 Å². The minimum Gasteiger partial charge on any atom is -0.398 e. The van der Waals surface area contributed by atoms with E-state index in [1.54, 1.807) is 13.0 Å². The number of anilines is 1. The highest BCUT2D eigenvalue weighted by Gasteiger charge is 2.18. The fourth-order valence-corrected chi connectivity index (χ4v) is 3.38. The Morgan fingerprint density at radius 1 is 1.42 bits per heavy atom. The van der Waals surface area contributed by atoms with Gasteiger partial charge < -0.3 is 15.6 Å². The first-order chi connectivity index (χ1) is 8.88. The summed E-state index contributed by atoms with van der Waals surface area (Å²) in [5, 5.41) is 8.52. The molecule has 108 valence electrons. The Bertz CT molecular complexity index is 534. The van der Waals surface area contributed by atoms with E-state index in [0.29, 0.717) is 15.7 Å². The van der Waals surface area contributed by atoms with E-state index in [1.807, 2.05) is 0 Å². The summed E-state index contributed by atoms with van der Waals surface area (Å²) < 4.78 is 32.2. The predicted octanol–water partition coefficient (Wildman–Crippen LogP) is 0.627. The van der Waals surface area contributed by atoms with E-state index >= 15 is 0 Å². The van der Waals surface area contributed by atoms with Crippen molar-refractivity contribution in [3.8, 4) is 0 Å². The Morgan fingerprint density at radius 3 is 2.74 bits per heavy atom. The zero-order chi connectivity index (χ0) is 14.5. The lowest BCUT2D eigenvalue weighted by Gasteiger charge is -2.11.